The average molecular weight is 361 g/mol. The molecule has 1 heterocycles. The van der Waals surface area contributed by atoms with E-state index in [4.69, 9.17) is 15.0 Å². The molecule has 1 atom stereocenters. The molecule has 0 spiro atoms. The SMILES string of the molecule is Cc1cc(C(O)CN(CCc2ccc(N)cc2)C(=O)OC(C)(C)C)on1. The zero-order valence-electron chi connectivity index (χ0n) is 15.7. The van der Waals surface area contributed by atoms with E-state index >= 15 is 0 Å². The van der Waals surface area contributed by atoms with E-state index in [1.165, 1.54) is 4.90 Å². The lowest BCUT2D eigenvalue weighted by molar-refractivity contribution is 0.0119. The van der Waals surface area contributed by atoms with E-state index in [0.717, 1.165) is 5.56 Å². The number of rotatable bonds is 6. The lowest BCUT2D eigenvalue weighted by atomic mass is 10.1. The molecule has 142 valence electrons. The maximum absolute atomic E-state index is 12.5. The number of anilines is 1. The van der Waals surface area contributed by atoms with Crippen LogP contribution in [-0.4, -0.2) is 39.9 Å². The summed E-state index contributed by atoms with van der Waals surface area (Å²) in [7, 11) is 0. The van der Waals surface area contributed by atoms with Gasteiger partial charge in [-0.2, -0.15) is 0 Å². The van der Waals surface area contributed by atoms with E-state index in [1.807, 2.05) is 24.3 Å². The van der Waals surface area contributed by atoms with Crippen molar-refractivity contribution in [1.29, 1.82) is 0 Å². The molecule has 7 heteroatoms. The van der Waals surface area contributed by atoms with Crippen LogP contribution in [0.3, 0.4) is 0 Å². The molecule has 0 radical (unpaired) electrons. The second-order valence-electron chi connectivity index (χ2n) is 7.30. The van der Waals surface area contributed by atoms with Crippen molar-refractivity contribution in [3.05, 3.63) is 47.3 Å². The van der Waals surface area contributed by atoms with Crippen LogP contribution >= 0.6 is 0 Å². The van der Waals surface area contributed by atoms with Crippen molar-refractivity contribution in [2.24, 2.45) is 0 Å². The van der Waals surface area contributed by atoms with Crippen molar-refractivity contribution in [3.8, 4) is 0 Å². The Balaban J connectivity index is 2.07. The number of benzene rings is 1. The molecule has 0 aliphatic carbocycles. The van der Waals surface area contributed by atoms with E-state index in [9.17, 15) is 9.90 Å². The van der Waals surface area contributed by atoms with Crippen molar-refractivity contribution in [3.63, 3.8) is 0 Å². The van der Waals surface area contributed by atoms with Gasteiger partial charge in [-0.1, -0.05) is 17.3 Å². The minimum Gasteiger partial charge on any atom is -0.444 e. The number of aromatic nitrogens is 1. The molecule has 1 aromatic heterocycles. The molecule has 26 heavy (non-hydrogen) atoms. The smallest absolute Gasteiger partial charge is 0.410 e. The van der Waals surface area contributed by atoms with Gasteiger partial charge in [-0.05, 0) is 51.8 Å². The fourth-order valence-corrected chi connectivity index (χ4v) is 2.37. The Bertz CT molecular complexity index is 719. The topological polar surface area (TPSA) is 102 Å². The number of hydrogen-bond donors (Lipinski definition) is 2. The predicted octanol–water partition coefficient (Wildman–Crippen LogP) is 3.08. The van der Waals surface area contributed by atoms with Crippen LogP contribution in [0.2, 0.25) is 0 Å². The molecule has 1 unspecified atom stereocenters. The summed E-state index contributed by atoms with van der Waals surface area (Å²) >= 11 is 0. The van der Waals surface area contributed by atoms with E-state index in [0.29, 0.717) is 30.1 Å². The van der Waals surface area contributed by atoms with E-state index < -0.39 is 17.8 Å². The highest BCUT2D eigenvalue weighted by molar-refractivity contribution is 5.68. The van der Waals surface area contributed by atoms with Gasteiger partial charge in [0.25, 0.3) is 0 Å². The summed E-state index contributed by atoms with van der Waals surface area (Å²) in [5.74, 6) is 0.323. The molecule has 2 rings (SSSR count). The summed E-state index contributed by atoms with van der Waals surface area (Å²) in [6, 6.07) is 9.12. The van der Waals surface area contributed by atoms with Crippen molar-refractivity contribution < 1.29 is 19.2 Å². The molecule has 1 aromatic carbocycles. The molecule has 0 saturated carbocycles. The van der Waals surface area contributed by atoms with Crippen LogP contribution in [0.1, 0.15) is 43.9 Å². The van der Waals surface area contributed by atoms with E-state index in [-0.39, 0.29) is 6.54 Å². The summed E-state index contributed by atoms with van der Waals surface area (Å²) in [4.78, 5) is 14.0. The van der Waals surface area contributed by atoms with Gasteiger partial charge in [-0.25, -0.2) is 4.79 Å². The first-order valence-corrected chi connectivity index (χ1v) is 8.57. The third-order valence-electron chi connectivity index (χ3n) is 3.67. The quantitative estimate of drug-likeness (QED) is 0.767. The predicted molar refractivity (Wildman–Crippen MR) is 98.6 cm³/mol. The normalized spacial score (nSPS) is 12.7. The highest BCUT2D eigenvalue weighted by Crippen LogP contribution is 2.18. The Hall–Kier alpha value is -2.54. The van der Waals surface area contributed by atoms with Gasteiger partial charge in [0.2, 0.25) is 0 Å². The number of nitrogens with two attached hydrogens (primary N) is 1. The Morgan fingerprint density at radius 2 is 2.00 bits per heavy atom. The molecule has 2 aromatic rings. The van der Waals surface area contributed by atoms with Gasteiger partial charge in [0.1, 0.15) is 11.7 Å². The second-order valence-corrected chi connectivity index (χ2v) is 7.30. The highest BCUT2D eigenvalue weighted by atomic mass is 16.6. The lowest BCUT2D eigenvalue weighted by Gasteiger charge is -2.28. The zero-order valence-corrected chi connectivity index (χ0v) is 15.7. The number of nitrogen functional groups attached to an aromatic ring is 1. The van der Waals surface area contributed by atoms with Crippen molar-refractivity contribution in [2.75, 3.05) is 18.8 Å². The molecule has 7 nitrogen and oxygen atoms in total. The molecule has 0 aliphatic heterocycles. The molecule has 0 bridgehead atoms. The molecule has 0 aliphatic rings. The number of hydrogen-bond acceptors (Lipinski definition) is 6. The second kappa shape index (κ2) is 8.23. The van der Waals surface area contributed by atoms with Crippen molar-refractivity contribution in [1.82, 2.24) is 10.1 Å². The largest absolute Gasteiger partial charge is 0.444 e. The molecule has 3 N–H and O–H groups in total. The van der Waals surface area contributed by atoms with E-state index in [2.05, 4.69) is 5.16 Å². The Morgan fingerprint density at radius 1 is 1.35 bits per heavy atom. The summed E-state index contributed by atoms with van der Waals surface area (Å²) in [6.07, 6.45) is -0.847. The Kier molecular flexibility index (Phi) is 6.26. The van der Waals surface area contributed by atoms with Gasteiger partial charge in [-0.3, -0.25) is 0 Å². The molecular formula is C19H27N3O4. The first-order valence-electron chi connectivity index (χ1n) is 8.57. The lowest BCUT2D eigenvalue weighted by Crippen LogP contribution is -2.40. The van der Waals surface area contributed by atoms with Gasteiger partial charge in [0.05, 0.1) is 12.2 Å². The van der Waals surface area contributed by atoms with Gasteiger partial charge < -0.3 is 25.0 Å². The minimum absolute atomic E-state index is 0.0541. The average Bonchev–Trinajstić information content (AvgIpc) is 2.97. The Labute approximate surface area is 153 Å². The minimum atomic E-state index is -0.977. The fraction of sp³-hybridized carbons (Fsp3) is 0.474. The van der Waals surface area contributed by atoms with Gasteiger partial charge in [0, 0.05) is 18.3 Å². The summed E-state index contributed by atoms with van der Waals surface area (Å²) < 4.78 is 10.5. The summed E-state index contributed by atoms with van der Waals surface area (Å²) in [6.45, 7) is 7.63. The molecule has 0 fully saturated rings. The number of aryl methyl sites for hydroxylation is 1. The van der Waals surface area contributed by atoms with Gasteiger partial charge in [0.15, 0.2) is 5.76 Å². The highest BCUT2D eigenvalue weighted by Gasteiger charge is 2.25. The van der Waals surface area contributed by atoms with Gasteiger partial charge in [-0.15, -0.1) is 0 Å². The maximum atomic E-state index is 12.5. The number of amides is 1. The van der Waals surface area contributed by atoms with Crippen LogP contribution in [0.5, 0.6) is 0 Å². The van der Waals surface area contributed by atoms with Crippen molar-refractivity contribution >= 4 is 11.8 Å². The third kappa shape index (κ3) is 6.07. The first-order chi connectivity index (χ1) is 12.1. The van der Waals surface area contributed by atoms with Crippen LogP contribution in [0.15, 0.2) is 34.9 Å². The summed E-state index contributed by atoms with van der Waals surface area (Å²) in [5.41, 5.74) is 7.48. The third-order valence-corrected chi connectivity index (χ3v) is 3.67. The number of aliphatic hydroxyl groups excluding tert-OH is 1. The maximum Gasteiger partial charge on any atom is 0.410 e. The number of ether oxygens (including phenoxy) is 1. The van der Waals surface area contributed by atoms with Crippen molar-refractivity contribution in [2.45, 2.75) is 45.8 Å². The van der Waals surface area contributed by atoms with Gasteiger partial charge >= 0.3 is 6.09 Å². The zero-order chi connectivity index (χ0) is 19.3. The fourth-order valence-electron chi connectivity index (χ4n) is 2.37. The molecule has 1 amide bonds. The number of carbonyl (C=O) groups is 1. The number of aliphatic hydroxyl groups is 1. The molecule has 0 saturated heterocycles. The van der Waals surface area contributed by atoms with Crippen LogP contribution in [0.25, 0.3) is 0 Å². The van der Waals surface area contributed by atoms with E-state index in [1.54, 1.807) is 33.8 Å². The first kappa shape index (κ1) is 19.8. The molecular weight excluding hydrogens is 334 g/mol. The van der Waals surface area contributed by atoms with Crippen LogP contribution in [-0.2, 0) is 11.2 Å². The standard InChI is InChI=1S/C19H27N3O4/c1-13-11-17(26-21-13)16(23)12-22(18(24)25-19(2,3)4)10-9-14-5-7-15(20)8-6-14/h5-8,11,16,23H,9-10,12,20H2,1-4H3. The Morgan fingerprint density at radius 3 is 2.54 bits per heavy atom. The van der Waals surface area contributed by atoms with Crippen LogP contribution < -0.4 is 5.73 Å². The van der Waals surface area contributed by atoms with Crippen LogP contribution in [0, 0.1) is 6.92 Å². The number of nitrogens with zero attached hydrogens (tertiary/aromatic N) is 2. The summed E-state index contributed by atoms with van der Waals surface area (Å²) in [5, 5.41) is 14.2. The monoisotopic (exact) mass is 361 g/mol. The van der Waals surface area contributed by atoms with Crippen LogP contribution in [0.4, 0.5) is 10.5 Å². The number of carbonyl (C=O) groups excluding carboxylic acids is 1.